The SMILES string of the molecule is CCC(C)NC(=O)C(C)NC(=O)c1sc2nc3n(c(=O)c2c1C)CCC3. The number of thiophene rings is 1. The van der Waals surface area contributed by atoms with Gasteiger partial charge in [0.1, 0.15) is 16.7 Å². The zero-order valence-electron chi connectivity index (χ0n) is 15.5. The summed E-state index contributed by atoms with van der Waals surface area (Å²) in [4.78, 5) is 43.1. The lowest BCUT2D eigenvalue weighted by molar-refractivity contribution is -0.123. The topological polar surface area (TPSA) is 93.1 Å². The fraction of sp³-hybridized carbons (Fsp3) is 0.556. The van der Waals surface area contributed by atoms with Gasteiger partial charge >= 0.3 is 0 Å². The molecule has 0 aromatic carbocycles. The monoisotopic (exact) mass is 376 g/mol. The quantitative estimate of drug-likeness (QED) is 0.831. The average Bonchev–Trinajstić information content (AvgIpc) is 3.19. The minimum absolute atomic E-state index is 0.0551. The first-order chi connectivity index (χ1) is 12.3. The van der Waals surface area contributed by atoms with Crippen molar-refractivity contribution in [3.05, 3.63) is 26.6 Å². The molecule has 2 N–H and O–H groups in total. The van der Waals surface area contributed by atoms with Gasteiger partial charge < -0.3 is 10.6 Å². The lowest BCUT2D eigenvalue weighted by Gasteiger charge is -2.17. The van der Waals surface area contributed by atoms with Crippen LogP contribution >= 0.6 is 11.3 Å². The number of hydrogen-bond donors (Lipinski definition) is 2. The second-order valence-electron chi connectivity index (χ2n) is 6.84. The fourth-order valence-corrected chi connectivity index (χ4v) is 4.18. The van der Waals surface area contributed by atoms with Crippen molar-refractivity contribution in [2.45, 2.75) is 65.6 Å². The summed E-state index contributed by atoms with van der Waals surface area (Å²) in [5.74, 6) is 0.225. The summed E-state index contributed by atoms with van der Waals surface area (Å²) in [6.45, 7) is 8.00. The highest BCUT2D eigenvalue weighted by Crippen LogP contribution is 2.28. The molecule has 1 aliphatic rings. The van der Waals surface area contributed by atoms with Crippen molar-refractivity contribution >= 4 is 33.4 Å². The van der Waals surface area contributed by atoms with Crippen LogP contribution in [0.2, 0.25) is 0 Å². The van der Waals surface area contributed by atoms with Crippen molar-refractivity contribution in [1.29, 1.82) is 0 Å². The maximum Gasteiger partial charge on any atom is 0.262 e. The second kappa shape index (κ2) is 7.19. The number of aromatic nitrogens is 2. The van der Waals surface area contributed by atoms with Crippen LogP contribution in [0.25, 0.3) is 10.2 Å². The Morgan fingerprint density at radius 1 is 1.31 bits per heavy atom. The summed E-state index contributed by atoms with van der Waals surface area (Å²) >= 11 is 1.22. The number of amides is 2. The summed E-state index contributed by atoms with van der Waals surface area (Å²) in [5, 5.41) is 6.09. The molecule has 3 heterocycles. The molecule has 0 radical (unpaired) electrons. The zero-order chi connectivity index (χ0) is 19.0. The largest absolute Gasteiger partial charge is 0.352 e. The Morgan fingerprint density at radius 2 is 2.04 bits per heavy atom. The van der Waals surface area contributed by atoms with Gasteiger partial charge in [0.15, 0.2) is 0 Å². The molecule has 0 bridgehead atoms. The number of hydrogen-bond acceptors (Lipinski definition) is 5. The van der Waals surface area contributed by atoms with Crippen LogP contribution in [0.1, 0.15) is 54.7 Å². The predicted molar refractivity (Wildman–Crippen MR) is 102 cm³/mol. The van der Waals surface area contributed by atoms with Gasteiger partial charge in [-0.2, -0.15) is 0 Å². The Balaban J connectivity index is 1.85. The van der Waals surface area contributed by atoms with E-state index in [-0.39, 0.29) is 23.4 Å². The van der Waals surface area contributed by atoms with Crippen molar-refractivity contribution in [1.82, 2.24) is 20.2 Å². The molecule has 1 aliphatic heterocycles. The van der Waals surface area contributed by atoms with E-state index in [0.717, 1.165) is 25.1 Å². The first-order valence-electron chi connectivity index (χ1n) is 8.97. The van der Waals surface area contributed by atoms with Crippen LogP contribution in [0, 0.1) is 6.92 Å². The predicted octanol–water partition coefficient (Wildman–Crippen LogP) is 1.75. The summed E-state index contributed by atoms with van der Waals surface area (Å²) < 4.78 is 1.70. The number of nitrogens with zero attached hydrogens (tertiary/aromatic N) is 2. The van der Waals surface area contributed by atoms with Gasteiger partial charge in [-0.05, 0) is 39.2 Å². The Labute approximate surface area is 155 Å². The minimum atomic E-state index is -0.653. The van der Waals surface area contributed by atoms with Crippen LogP contribution in [-0.2, 0) is 17.8 Å². The highest BCUT2D eigenvalue weighted by Gasteiger charge is 2.25. The van der Waals surface area contributed by atoms with Gasteiger partial charge in [-0.15, -0.1) is 11.3 Å². The number of carbonyl (C=O) groups excluding carboxylic acids is 2. The third-order valence-electron chi connectivity index (χ3n) is 4.86. The van der Waals surface area contributed by atoms with E-state index in [1.54, 1.807) is 18.4 Å². The van der Waals surface area contributed by atoms with E-state index in [2.05, 4.69) is 15.6 Å². The normalized spacial score (nSPS) is 15.5. The maximum atomic E-state index is 12.7. The fourth-order valence-electron chi connectivity index (χ4n) is 3.09. The Kier molecular flexibility index (Phi) is 5.13. The van der Waals surface area contributed by atoms with E-state index in [1.165, 1.54) is 11.3 Å². The Hall–Kier alpha value is -2.22. The third kappa shape index (κ3) is 3.25. The van der Waals surface area contributed by atoms with Crippen molar-refractivity contribution in [2.75, 3.05) is 0 Å². The summed E-state index contributed by atoms with van der Waals surface area (Å²) in [7, 11) is 0. The molecule has 26 heavy (non-hydrogen) atoms. The number of carbonyl (C=O) groups is 2. The molecule has 0 aliphatic carbocycles. The molecule has 8 heteroatoms. The zero-order valence-corrected chi connectivity index (χ0v) is 16.3. The molecule has 7 nitrogen and oxygen atoms in total. The number of nitrogens with one attached hydrogen (secondary N) is 2. The minimum Gasteiger partial charge on any atom is -0.352 e. The highest BCUT2D eigenvalue weighted by atomic mass is 32.1. The molecular formula is C18H24N4O3S. The van der Waals surface area contributed by atoms with Crippen molar-refractivity contribution in [3.8, 4) is 0 Å². The van der Waals surface area contributed by atoms with Gasteiger partial charge in [-0.25, -0.2) is 4.98 Å². The van der Waals surface area contributed by atoms with Gasteiger partial charge in [-0.1, -0.05) is 6.92 Å². The van der Waals surface area contributed by atoms with Gasteiger partial charge in [0.2, 0.25) is 5.91 Å². The second-order valence-corrected chi connectivity index (χ2v) is 7.84. The lowest BCUT2D eigenvalue weighted by Crippen LogP contribution is -2.47. The molecule has 140 valence electrons. The molecule has 2 aromatic heterocycles. The van der Waals surface area contributed by atoms with Gasteiger partial charge in [0.05, 0.1) is 10.3 Å². The van der Waals surface area contributed by atoms with Crippen LogP contribution in [0.15, 0.2) is 4.79 Å². The molecule has 0 saturated heterocycles. The molecule has 2 aromatic rings. The van der Waals surface area contributed by atoms with E-state index < -0.39 is 6.04 Å². The Bertz CT molecular complexity index is 931. The van der Waals surface area contributed by atoms with E-state index in [4.69, 9.17) is 0 Å². The molecular weight excluding hydrogens is 352 g/mol. The van der Waals surface area contributed by atoms with E-state index in [1.807, 2.05) is 13.8 Å². The van der Waals surface area contributed by atoms with Crippen molar-refractivity contribution in [3.63, 3.8) is 0 Å². The van der Waals surface area contributed by atoms with Crippen molar-refractivity contribution in [2.24, 2.45) is 0 Å². The molecule has 0 fully saturated rings. The standard InChI is InChI=1S/C18H24N4O3S/c1-5-9(2)19-15(23)11(4)20-16(24)14-10(3)13-17(26-14)21-12-7-6-8-22(12)18(13)25/h9,11H,5-8H2,1-4H3,(H,19,23)(H,20,24). The van der Waals surface area contributed by atoms with Crippen LogP contribution in [-0.4, -0.2) is 33.4 Å². The Morgan fingerprint density at radius 3 is 2.73 bits per heavy atom. The first-order valence-corrected chi connectivity index (χ1v) is 9.79. The molecule has 3 rings (SSSR count). The van der Waals surface area contributed by atoms with Crippen molar-refractivity contribution < 1.29 is 9.59 Å². The summed E-state index contributed by atoms with van der Waals surface area (Å²) in [6, 6.07) is -0.597. The van der Waals surface area contributed by atoms with Gasteiger partial charge in [0, 0.05) is 19.0 Å². The van der Waals surface area contributed by atoms with Crippen LogP contribution in [0.4, 0.5) is 0 Å². The molecule has 2 atom stereocenters. The lowest BCUT2D eigenvalue weighted by atomic mass is 10.2. The van der Waals surface area contributed by atoms with E-state index >= 15 is 0 Å². The number of fused-ring (bicyclic) bond motifs is 2. The summed E-state index contributed by atoms with van der Waals surface area (Å²) in [6.07, 6.45) is 2.54. The molecule has 0 saturated carbocycles. The first kappa shape index (κ1) is 18.6. The summed E-state index contributed by atoms with van der Waals surface area (Å²) in [5.41, 5.74) is 0.564. The van der Waals surface area contributed by atoms with E-state index in [0.29, 0.717) is 27.2 Å². The number of rotatable bonds is 5. The highest BCUT2D eigenvalue weighted by molar-refractivity contribution is 7.20. The third-order valence-corrected chi connectivity index (χ3v) is 6.04. The van der Waals surface area contributed by atoms with Gasteiger partial charge in [0.25, 0.3) is 11.5 Å². The molecule has 0 spiro atoms. The van der Waals surface area contributed by atoms with Crippen LogP contribution in [0.5, 0.6) is 0 Å². The smallest absolute Gasteiger partial charge is 0.262 e. The molecule has 2 amide bonds. The molecule has 2 unspecified atom stereocenters. The van der Waals surface area contributed by atoms with Crippen LogP contribution < -0.4 is 16.2 Å². The van der Waals surface area contributed by atoms with E-state index in [9.17, 15) is 14.4 Å². The maximum absolute atomic E-state index is 12.7. The van der Waals surface area contributed by atoms with Crippen LogP contribution in [0.3, 0.4) is 0 Å². The number of aryl methyl sites for hydroxylation is 2. The average molecular weight is 376 g/mol. The van der Waals surface area contributed by atoms with Gasteiger partial charge in [-0.3, -0.25) is 19.0 Å².